The zero-order valence-electron chi connectivity index (χ0n) is 31.0. The highest BCUT2D eigenvalue weighted by Gasteiger charge is 2.31. The van der Waals surface area contributed by atoms with Crippen molar-refractivity contribution in [3.63, 3.8) is 0 Å². The molecule has 0 amide bonds. The number of hydrogen-bond donors (Lipinski definition) is 0. The van der Waals surface area contributed by atoms with Crippen molar-refractivity contribution >= 4 is 43.6 Å². The van der Waals surface area contributed by atoms with Gasteiger partial charge in [0.05, 0.1) is 33.3 Å². The van der Waals surface area contributed by atoms with Crippen LogP contribution >= 0.6 is 0 Å². The van der Waals surface area contributed by atoms with Crippen LogP contribution in [0.15, 0.2) is 189 Å². The van der Waals surface area contributed by atoms with Gasteiger partial charge < -0.3 is 9.13 Å². The molecule has 0 saturated heterocycles. The number of fused-ring (bicyclic) bond motifs is 7. The Morgan fingerprint density at radius 3 is 1.19 bits per heavy atom. The lowest BCUT2D eigenvalue weighted by atomic mass is 9.80. The maximum Gasteiger partial charge on any atom is 0.100 e. The average Bonchev–Trinajstić information content (AvgIpc) is 3.82. The summed E-state index contributed by atoms with van der Waals surface area (Å²) in [6.45, 7) is 0. The summed E-state index contributed by atoms with van der Waals surface area (Å²) in [5.74, 6) is 0. The molecule has 58 heavy (non-hydrogen) atoms. The van der Waals surface area contributed by atoms with Crippen molar-refractivity contribution < 1.29 is 0 Å². The van der Waals surface area contributed by atoms with Crippen LogP contribution in [0.3, 0.4) is 0 Å². The second kappa shape index (κ2) is 13.5. The Kier molecular flexibility index (Phi) is 7.73. The van der Waals surface area contributed by atoms with Gasteiger partial charge in [-0.05, 0) is 95.1 Å². The van der Waals surface area contributed by atoms with E-state index in [2.05, 4.69) is 126 Å². The largest absolute Gasteiger partial charge is 0.307 e. The molecule has 0 spiro atoms. The van der Waals surface area contributed by atoms with Gasteiger partial charge in [-0.15, -0.1) is 0 Å². The van der Waals surface area contributed by atoms with Gasteiger partial charge in [0.1, 0.15) is 6.07 Å². The Morgan fingerprint density at radius 1 is 0.362 bits per heavy atom. The Labute approximate surface area is 333 Å². The zero-order chi connectivity index (χ0) is 38.6. The predicted octanol–water partition coefficient (Wildman–Crippen LogP) is 12.0. The lowest BCUT2D eigenvalue weighted by Gasteiger charge is -2.27. The minimum Gasteiger partial charge on any atom is -0.307 e. The van der Waals surface area contributed by atoms with Crippen LogP contribution in [0.2, 0.25) is 0 Å². The monoisotopic (exact) mass is 741 g/mol. The van der Waals surface area contributed by atoms with E-state index in [9.17, 15) is 5.26 Å². The maximum atomic E-state index is 11.5. The molecule has 0 N–H and O–H groups in total. The molecule has 0 aliphatic carbocycles. The molecule has 0 fully saturated rings. The number of benzene rings is 5. The third kappa shape index (κ3) is 4.99. The first kappa shape index (κ1) is 33.2. The molecular weight excluding hydrogens is 711 g/mol. The van der Waals surface area contributed by atoms with Crippen LogP contribution in [0.5, 0.6) is 0 Å². The van der Waals surface area contributed by atoms with Crippen LogP contribution in [0, 0.1) is 11.3 Å². The van der Waals surface area contributed by atoms with Crippen LogP contribution in [0.25, 0.3) is 99.5 Å². The molecule has 0 radical (unpaired) electrons. The number of rotatable bonds is 6. The van der Waals surface area contributed by atoms with E-state index in [1.165, 1.54) is 5.39 Å². The Balaban J connectivity index is 1.49. The zero-order valence-corrected chi connectivity index (χ0v) is 31.0. The molecule has 0 saturated carbocycles. The average molecular weight is 742 g/mol. The molecule has 0 aliphatic rings. The summed E-state index contributed by atoms with van der Waals surface area (Å²) in [6, 6.07) is 51.3. The Bertz CT molecular complexity index is 3260. The van der Waals surface area contributed by atoms with Gasteiger partial charge in [-0.2, -0.15) is 5.26 Å². The molecule has 11 rings (SSSR count). The fourth-order valence-electron chi connectivity index (χ4n) is 8.86. The standard InChI is InChI=1S/C51H31N7/c52-32-42-45(33-16-24-53-25-17-33)47(35-20-28-55-29-21-35)51(48(36-22-30-56-31-23-36)46(42)34-18-26-54-27-19-34)58-44-13-7-5-11-39(44)41-15-14-40-38-10-4-6-12-43(38)57(49(40)50(41)58)37-8-2-1-3-9-37/h1-31H. The van der Waals surface area contributed by atoms with Crippen molar-refractivity contribution in [3.8, 4) is 62.0 Å². The molecule has 0 atom stereocenters. The molecule has 6 heterocycles. The third-order valence-corrected chi connectivity index (χ3v) is 11.2. The van der Waals surface area contributed by atoms with Crippen molar-refractivity contribution in [1.82, 2.24) is 29.1 Å². The Hall–Kier alpha value is -8.21. The van der Waals surface area contributed by atoms with Crippen LogP contribution in [-0.4, -0.2) is 29.1 Å². The normalized spacial score (nSPS) is 11.4. The van der Waals surface area contributed by atoms with E-state index in [1.54, 1.807) is 24.8 Å². The highest BCUT2D eigenvalue weighted by molar-refractivity contribution is 6.25. The third-order valence-electron chi connectivity index (χ3n) is 11.2. The summed E-state index contributed by atoms with van der Waals surface area (Å²) >= 11 is 0. The van der Waals surface area contributed by atoms with Gasteiger partial charge in [-0.1, -0.05) is 66.7 Å². The maximum absolute atomic E-state index is 11.5. The second-order valence-electron chi connectivity index (χ2n) is 14.2. The van der Waals surface area contributed by atoms with Crippen molar-refractivity contribution in [2.24, 2.45) is 0 Å². The lowest BCUT2D eigenvalue weighted by molar-refractivity contribution is 1.15. The smallest absolute Gasteiger partial charge is 0.100 e. The molecular formula is C51H31N7. The van der Waals surface area contributed by atoms with E-state index in [-0.39, 0.29) is 0 Å². The molecule has 6 aromatic heterocycles. The molecule has 7 heteroatoms. The van der Waals surface area contributed by atoms with Gasteiger partial charge in [0.15, 0.2) is 0 Å². The number of nitriles is 1. The van der Waals surface area contributed by atoms with Gasteiger partial charge in [-0.3, -0.25) is 19.9 Å². The van der Waals surface area contributed by atoms with Crippen molar-refractivity contribution in [2.45, 2.75) is 0 Å². The summed E-state index contributed by atoms with van der Waals surface area (Å²) in [6.07, 6.45) is 14.4. The van der Waals surface area contributed by atoms with E-state index >= 15 is 0 Å². The quantitative estimate of drug-likeness (QED) is 0.169. The number of para-hydroxylation sites is 3. The number of hydrogen-bond acceptors (Lipinski definition) is 5. The molecule has 7 nitrogen and oxygen atoms in total. The highest BCUT2D eigenvalue weighted by atomic mass is 15.0. The van der Waals surface area contributed by atoms with E-state index in [1.807, 2.05) is 73.3 Å². The summed E-state index contributed by atoms with van der Waals surface area (Å²) in [5.41, 5.74) is 13.8. The number of pyridine rings is 4. The first-order valence-electron chi connectivity index (χ1n) is 19.1. The van der Waals surface area contributed by atoms with E-state index < -0.39 is 0 Å². The summed E-state index contributed by atoms with van der Waals surface area (Å²) in [4.78, 5) is 17.7. The SMILES string of the molecule is N#Cc1c(-c2ccncc2)c(-c2ccncc2)c(-n2c3ccccc3c3ccc4c5ccccc5n(-c5ccccc5)c4c32)c(-c2ccncc2)c1-c1ccncc1. The number of aromatic nitrogens is 6. The second-order valence-corrected chi connectivity index (χ2v) is 14.2. The van der Waals surface area contributed by atoms with E-state index in [0.717, 1.165) is 94.1 Å². The minimum atomic E-state index is 0.545. The highest BCUT2D eigenvalue weighted by Crippen LogP contribution is 2.53. The molecule has 0 bridgehead atoms. The Morgan fingerprint density at radius 2 is 0.741 bits per heavy atom. The van der Waals surface area contributed by atoms with Crippen LogP contribution < -0.4 is 0 Å². The van der Waals surface area contributed by atoms with Crippen molar-refractivity contribution in [1.29, 1.82) is 5.26 Å². The van der Waals surface area contributed by atoms with Gasteiger partial charge >= 0.3 is 0 Å². The topological polar surface area (TPSA) is 85.2 Å². The summed E-state index contributed by atoms with van der Waals surface area (Å²) in [5, 5.41) is 16.0. The number of nitrogens with zero attached hydrogens (tertiary/aromatic N) is 7. The fraction of sp³-hybridized carbons (Fsp3) is 0. The van der Waals surface area contributed by atoms with E-state index in [0.29, 0.717) is 5.56 Å². The van der Waals surface area contributed by atoms with Gasteiger partial charge in [-0.25, -0.2) is 0 Å². The molecule has 0 unspecified atom stereocenters. The van der Waals surface area contributed by atoms with Gasteiger partial charge in [0.25, 0.3) is 0 Å². The van der Waals surface area contributed by atoms with Gasteiger partial charge in [0, 0.05) is 99.1 Å². The minimum absolute atomic E-state index is 0.545. The van der Waals surface area contributed by atoms with Crippen LogP contribution in [0.1, 0.15) is 5.56 Å². The first-order chi connectivity index (χ1) is 28.8. The lowest BCUT2D eigenvalue weighted by Crippen LogP contribution is -2.08. The first-order valence-corrected chi connectivity index (χ1v) is 19.1. The van der Waals surface area contributed by atoms with Crippen LogP contribution in [0.4, 0.5) is 0 Å². The van der Waals surface area contributed by atoms with Gasteiger partial charge in [0.2, 0.25) is 0 Å². The van der Waals surface area contributed by atoms with Crippen molar-refractivity contribution in [3.05, 3.63) is 195 Å². The van der Waals surface area contributed by atoms with Crippen LogP contribution in [-0.2, 0) is 0 Å². The molecule has 11 aromatic rings. The summed E-state index contributed by atoms with van der Waals surface area (Å²) in [7, 11) is 0. The van der Waals surface area contributed by atoms with E-state index in [4.69, 9.17) is 0 Å². The van der Waals surface area contributed by atoms with Crippen molar-refractivity contribution in [2.75, 3.05) is 0 Å². The fourth-order valence-corrected chi connectivity index (χ4v) is 8.86. The molecule has 270 valence electrons. The predicted molar refractivity (Wildman–Crippen MR) is 233 cm³/mol. The summed E-state index contributed by atoms with van der Waals surface area (Å²) < 4.78 is 4.85. The molecule has 5 aromatic carbocycles. The molecule has 0 aliphatic heterocycles.